The third-order valence-corrected chi connectivity index (χ3v) is 9.82. The SMILES string of the molecule is CCC(C)[C@H](N)C(=O)OCCOc1cc2ncnc(Nc3ccc4scnc4c3)c2cc1S(=O)(=O)C(C)(C)C. The number of anilines is 2. The summed E-state index contributed by atoms with van der Waals surface area (Å²) >= 11 is 1.55. The summed E-state index contributed by atoms with van der Waals surface area (Å²) in [4.78, 5) is 25.3. The van der Waals surface area contributed by atoms with Crippen LogP contribution in [0.5, 0.6) is 5.75 Å². The van der Waals surface area contributed by atoms with Crippen molar-refractivity contribution in [3.63, 3.8) is 0 Å². The number of rotatable bonds is 10. The lowest BCUT2D eigenvalue weighted by atomic mass is 10.0. The Morgan fingerprint density at radius 2 is 1.87 bits per heavy atom. The summed E-state index contributed by atoms with van der Waals surface area (Å²) in [6.07, 6.45) is 2.14. The number of ether oxygens (including phenoxy) is 2. The van der Waals surface area contributed by atoms with Crippen LogP contribution in [0, 0.1) is 5.92 Å². The maximum Gasteiger partial charge on any atom is 0.323 e. The molecule has 0 aliphatic heterocycles. The fraction of sp³-hybridized carbons (Fsp3) is 0.407. The predicted octanol–water partition coefficient (Wildman–Crippen LogP) is 4.85. The van der Waals surface area contributed by atoms with Crippen molar-refractivity contribution in [2.75, 3.05) is 18.5 Å². The number of nitrogens with one attached hydrogen (secondary N) is 1. The first-order valence-corrected chi connectivity index (χ1v) is 15.0. The van der Waals surface area contributed by atoms with Crippen LogP contribution in [-0.2, 0) is 19.4 Å². The molecule has 0 spiro atoms. The normalized spacial score (nSPS) is 13.8. The molecule has 3 N–H and O–H groups in total. The maximum absolute atomic E-state index is 13.6. The topological polar surface area (TPSA) is 146 Å². The van der Waals surface area contributed by atoms with E-state index >= 15 is 0 Å². The van der Waals surface area contributed by atoms with E-state index < -0.39 is 26.6 Å². The molecule has 2 atom stereocenters. The molecule has 0 saturated carbocycles. The number of aromatic nitrogens is 3. The fourth-order valence-electron chi connectivity index (χ4n) is 3.76. The molecular formula is C27H33N5O5S2. The molecule has 0 fully saturated rings. The van der Waals surface area contributed by atoms with E-state index in [1.807, 2.05) is 32.0 Å². The Hall–Kier alpha value is -3.35. The van der Waals surface area contributed by atoms with Crippen LogP contribution in [0.2, 0.25) is 0 Å². The monoisotopic (exact) mass is 571 g/mol. The number of nitrogens with two attached hydrogens (primary N) is 1. The Bertz CT molecular complexity index is 1600. The van der Waals surface area contributed by atoms with Gasteiger partial charge in [0, 0.05) is 17.1 Å². The summed E-state index contributed by atoms with van der Waals surface area (Å²) in [5.74, 6) is 0.0225. The third-order valence-electron chi connectivity index (χ3n) is 6.50. The minimum Gasteiger partial charge on any atom is -0.489 e. The van der Waals surface area contributed by atoms with E-state index in [1.165, 1.54) is 12.4 Å². The Labute approximate surface area is 231 Å². The van der Waals surface area contributed by atoms with Crippen molar-refractivity contribution in [1.29, 1.82) is 0 Å². The number of hydrogen-bond acceptors (Lipinski definition) is 11. The number of carbonyl (C=O) groups is 1. The number of fused-ring (bicyclic) bond motifs is 2. The smallest absolute Gasteiger partial charge is 0.323 e. The van der Waals surface area contributed by atoms with Crippen LogP contribution in [-0.4, -0.2) is 53.3 Å². The van der Waals surface area contributed by atoms with Crippen LogP contribution in [0.25, 0.3) is 21.1 Å². The van der Waals surface area contributed by atoms with Gasteiger partial charge in [-0.1, -0.05) is 20.3 Å². The van der Waals surface area contributed by atoms with Crippen molar-refractivity contribution in [3.05, 3.63) is 42.2 Å². The molecule has 4 aromatic rings. The van der Waals surface area contributed by atoms with Crippen LogP contribution in [0.1, 0.15) is 41.0 Å². The zero-order valence-corrected chi connectivity index (χ0v) is 24.2. The van der Waals surface area contributed by atoms with E-state index in [-0.39, 0.29) is 29.8 Å². The molecule has 10 nitrogen and oxygen atoms in total. The highest BCUT2D eigenvalue weighted by Gasteiger charge is 2.34. The van der Waals surface area contributed by atoms with Crippen LogP contribution >= 0.6 is 11.3 Å². The molecule has 0 bridgehead atoms. The Morgan fingerprint density at radius 3 is 2.59 bits per heavy atom. The number of sulfone groups is 1. The van der Waals surface area contributed by atoms with Gasteiger partial charge in [0.2, 0.25) is 0 Å². The van der Waals surface area contributed by atoms with Gasteiger partial charge in [0.25, 0.3) is 0 Å². The van der Waals surface area contributed by atoms with Crippen molar-refractivity contribution in [1.82, 2.24) is 15.0 Å². The highest BCUT2D eigenvalue weighted by atomic mass is 32.2. The van der Waals surface area contributed by atoms with Gasteiger partial charge in [-0.15, -0.1) is 11.3 Å². The molecule has 2 aromatic carbocycles. The average molecular weight is 572 g/mol. The summed E-state index contributed by atoms with van der Waals surface area (Å²) in [6, 6.07) is 8.14. The first-order chi connectivity index (χ1) is 18.4. The summed E-state index contributed by atoms with van der Waals surface area (Å²) in [6.45, 7) is 8.56. The highest BCUT2D eigenvalue weighted by molar-refractivity contribution is 7.92. The molecule has 12 heteroatoms. The molecule has 2 heterocycles. The van der Waals surface area contributed by atoms with E-state index in [4.69, 9.17) is 15.2 Å². The molecule has 0 aliphatic rings. The average Bonchev–Trinajstić information content (AvgIpc) is 3.37. The van der Waals surface area contributed by atoms with Gasteiger partial charge >= 0.3 is 5.97 Å². The minimum absolute atomic E-state index is 0.00191. The van der Waals surface area contributed by atoms with E-state index in [1.54, 1.807) is 43.7 Å². The summed E-state index contributed by atoms with van der Waals surface area (Å²) in [5, 5.41) is 3.77. The first kappa shape index (κ1) is 28.7. The Kier molecular flexibility index (Phi) is 8.38. The largest absolute Gasteiger partial charge is 0.489 e. The maximum atomic E-state index is 13.6. The number of nitrogens with zero attached hydrogens (tertiary/aromatic N) is 3. The van der Waals surface area contributed by atoms with Crippen LogP contribution in [0.3, 0.4) is 0 Å². The molecule has 0 amide bonds. The lowest BCUT2D eigenvalue weighted by Gasteiger charge is -2.22. The van der Waals surface area contributed by atoms with Crippen LogP contribution in [0.15, 0.2) is 47.1 Å². The number of esters is 1. The molecule has 2 aromatic heterocycles. The van der Waals surface area contributed by atoms with E-state index in [2.05, 4.69) is 20.3 Å². The van der Waals surface area contributed by atoms with Crippen LogP contribution < -0.4 is 15.8 Å². The zero-order valence-electron chi connectivity index (χ0n) is 22.6. The number of thiazole rings is 1. The molecule has 208 valence electrons. The quantitative estimate of drug-likeness (QED) is 0.200. The Morgan fingerprint density at radius 1 is 1.10 bits per heavy atom. The second-order valence-electron chi connectivity index (χ2n) is 10.2. The van der Waals surface area contributed by atoms with Crippen molar-refractivity contribution in [3.8, 4) is 5.75 Å². The highest BCUT2D eigenvalue weighted by Crippen LogP contribution is 2.37. The number of hydrogen-bond donors (Lipinski definition) is 2. The van der Waals surface area contributed by atoms with Gasteiger partial charge in [-0.3, -0.25) is 4.79 Å². The summed E-state index contributed by atoms with van der Waals surface area (Å²) in [5.41, 5.74) is 9.80. The molecule has 1 unspecified atom stereocenters. The lowest BCUT2D eigenvalue weighted by molar-refractivity contribution is -0.147. The third kappa shape index (κ3) is 6.13. The molecule has 39 heavy (non-hydrogen) atoms. The van der Waals surface area contributed by atoms with Gasteiger partial charge in [0.15, 0.2) is 9.84 Å². The standard InChI is InChI=1S/C27H33N5O5S2/c1-6-16(2)24(28)26(33)37-10-9-36-21-13-19-18(12-23(21)39(34,35)27(3,4)5)25(30-14-29-19)32-17-7-8-22-20(11-17)31-15-38-22/h7-8,11-16,24H,6,9-10,28H2,1-5H3,(H,29,30,32)/t16?,24-/m0/s1. The number of benzene rings is 2. The minimum atomic E-state index is -3.84. The second-order valence-corrected chi connectivity index (χ2v) is 13.8. The van der Waals surface area contributed by atoms with E-state index in [9.17, 15) is 13.2 Å². The summed E-state index contributed by atoms with van der Waals surface area (Å²) < 4.78 is 38.3. The van der Waals surface area contributed by atoms with Gasteiger partial charge in [-0.2, -0.15) is 0 Å². The van der Waals surface area contributed by atoms with Crippen molar-refractivity contribution >= 4 is 59.8 Å². The second kappa shape index (κ2) is 11.4. The van der Waals surface area contributed by atoms with Gasteiger partial charge in [0.1, 0.15) is 42.0 Å². The predicted molar refractivity (Wildman–Crippen MR) is 153 cm³/mol. The zero-order chi connectivity index (χ0) is 28.4. The van der Waals surface area contributed by atoms with Crippen molar-refractivity contribution in [2.24, 2.45) is 11.7 Å². The van der Waals surface area contributed by atoms with E-state index in [0.29, 0.717) is 16.7 Å². The van der Waals surface area contributed by atoms with Crippen molar-refractivity contribution < 1.29 is 22.7 Å². The van der Waals surface area contributed by atoms with Crippen LogP contribution in [0.4, 0.5) is 11.5 Å². The number of carbonyl (C=O) groups excluding carboxylic acids is 1. The molecule has 0 aliphatic carbocycles. The molecular weight excluding hydrogens is 538 g/mol. The molecule has 0 radical (unpaired) electrons. The fourth-order valence-corrected chi connectivity index (χ4v) is 5.74. The van der Waals surface area contributed by atoms with Gasteiger partial charge in [0.05, 0.1) is 26.0 Å². The van der Waals surface area contributed by atoms with E-state index in [0.717, 1.165) is 22.3 Å². The van der Waals surface area contributed by atoms with Gasteiger partial charge in [-0.05, 0) is 51.0 Å². The van der Waals surface area contributed by atoms with Gasteiger partial charge < -0.3 is 20.5 Å². The lowest BCUT2D eigenvalue weighted by Crippen LogP contribution is -2.38. The Balaban J connectivity index is 1.65. The van der Waals surface area contributed by atoms with Gasteiger partial charge in [-0.25, -0.2) is 23.4 Å². The first-order valence-electron chi connectivity index (χ1n) is 12.6. The molecule has 0 saturated heterocycles. The summed E-state index contributed by atoms with van der Waals surface area (Å²) in [7, 11) is -3.84. The molecule has 4 rings (SSSR count). The van der Waals surface area contributed by atoms with Crippen molar-refractivity contribution in [2.45, 2.75) is 56.7 Å².